The van der Waals surface area contributed by atoms with Crippen LogP contribution in [0, 0.1) is 0 Å². The van der Waals surface area contributed by atoms with Crippen molar-refractivity contribution >= 4 is 27.6 Å². The third-order valence-electron chi connectivity index (χ3n) is 3.69. The van der Waals surface area contributed by atoms with Crippen molar-refractivity contribution in [2.24, 2.45) is 0 Å². The summed E-state index contributed by atoms with van der Waals surface area (Å²) >= 11 is 0. The summed E-state index contributed by atoms with van der Waals surface area (Å²) in [5.41, 5.74) is 3.20. The quantitative estimate of drug-likeness (QED) is 0.522. The van der Waals surface area contributed by atoms with Crippen LogP contribution in [0.4, 0.5) is 5.69 Å². The van der Waals surface area contributed by atoms with Crippen LogP contribution in [-0.4, -0.2) is 46.3 Å². The second kappa shape index (κ2) is 9.15. The Labute approximate surface area is 160 Å². The summed E-state index contributed by atoms with van der Waals surface area (Å²) in [6, 6.07) is 5.51. The minimum Gasteiger partial charge on any atom is -0.478 e. The number of benzene rings is 1. The van der Waals surface area contributed by atoms with Gasteiger partial charge < -0.3 is 19.9 Å². The first kappa shape index (κ1) is 21.1. The van der Waals surface area contributed by atoms with Gasteiger partial charge in [-0.25, -0.2) is 23.0 Å². The molecule has 1 aliphatic rings. The number of anilines is 1. The zero-order valence-corrected chi connectivity index (χ0v) is 15.6. The third kappa shape index (κ3) is 5.66. The van der Waals surface area contributed by atoms with E-state index in [1.165, 1.54) is 0 Å². The summed E-state index contributed by atoms with van der Waals surface area (Å²) in [7, 11) is -3.29. The minimum absolute atomic E-state index is 0.0420. The van der Waals surface area contributed by atoms with Crippen LogP contribution >= 0.6 is 0 Å². The van der Waals surface area contributed by atoms with Gasteiger partial charge in [0.2, 0.25) is 10.0 Å². The van der Waals surface area contributed by atoms with Gasteiger partial charge in [-0.1, -0.05) is 12.1 Å². The van der Waals surface area contributed by atoms with Crippen LogP contribution in [0.5, 0.6) is 0 Å². The van der Waals surface area contributed by atoms with Crippen molar-refractivity contribution in [1.82, 2.24) is 9.97 Å². The van der Waals surface area contributed by atoms with E-state index in [1.807, 2.05) is 12.1 Å². The zero-order chi connectivity index (χ0) is 20.7. The molecule has 2 aromatic rings. The third-order valence-corrected chi connectivity index (χ3v) is 4.98. The molecule has 4 N–H and O–H groups in total. The van der Waals surface area contributed by atoms with Gasteiger partial charge in [0, 0.05) is 23.9 Å². The molecule has 0 spiro atoms. The fourth-order valence-electron chi connectivity index (χ4n) is 2.41. The molecular weight excluding hydrogens is 390 g/mol. The Morgan fingerprint density at radius 1 is 1.32 bits per heavy atom. The number of hydrogen-bond donors (Lipinski definition) is 4. The van der Waals surface area contributed by atoms with E-state index in [-0.39, 0.29) is 11.9 Å². The monoisotopic (exact) mass is 409 g/mol. The van der Waals surface area contributed by atoms with E-state index in [2.05, 4.69) is 14.7 Å². The van der Waals surface area contributed by atoms with Gasteiger partial charge in [0.05, 0.1) is 30.1 Å². The Morgan fingerprint density at radius 3 is 2.54 bits per heavy atom. The lowest BCUT2D eigenvalue weighted by molar-refractivity contribution is -0.134. The molecule has 11 heteroatoms. The largest absolute Gasteiger partial charge is 0.478 e. The van der Waals surface area contributed by atoms with Crippen molar-refractivity contribution in [2.45, 2.75) is 19.6 Å². The first-order valence-electron chi connectivity index (χ1n) is 8.10. The molecular formula is C17H19N3O7S. The molecule has 1 unspecified atom stereocenters. The maximum atomic E-state index is 11.7. The van der Waals surface area contributed by atoms with Gasteiger partial charge in [0.1, 0.15) is 6.10 Å². The normalized spacial score (nSPS) is 15.5. The second-order valence-electron chi connectivity index (χ2n) is 5.57. The summed E-state index contributed by atoms with van der Waals surface area (Å²) in [6.45, 7) is 1.98. The van der Waals surface area contributed by atoms with E-state index in [1.54, 1.807) is 25.5 Å². The number of hydrogen-bond acceptors (Lipinski definition) is 6. The number of aromatic amines is 1. The predicted molar refractivity (Wildman–Crippen MR) is 99.2 cm³/mol. The van der Waals surface area contributed by atoms with Gasteiger partial charge in [-0.15, -0.1) is 0 Å². The number of sulfonamides is 1. The highest BCUT2D eigenvalue weighted by Gasteiger charge is 2.28. The van der Waals surface area contributed by atoms with E-state index < -0.39 is 22.0 Å². The van der Waals surface area contributed by atoms with Crippen LogP contribution in [0.1, 0.15) is 29.8 Å². The molecule has 0 saturated heterocycles. The summed E-state index contributed by atoms with van der Waals surface area (Å²) in [6.07, 6.45) is 4.25. The standard InChI is InChI=1S/C13H15N3O3S.C4H4O4/c1-2-20(17,18)16-11-5-3-4-9-10(11)7-19-13(9)12-6-14-8-15-12;5-3(6)1-2-4(7)8/h3-6,8,13,16H,2,7H2,1H3,(H,14,15);1-2H,(H,5,6)(H,7,8). The molecule has 10 nitrogen and oxygen atoms in total. The number of aromatic nitrogens is 2. The molecule has 28 heavy (non-hydrogen) atoms. The molecule has 0 saturated carbocycles. The fourth-order valence-corrected chi connectivity index (χ4v) is 3.08. The van der Waals surface area contributed by atoms with Crippen molar-refractivity contribution in [3.8, 4) is 0 Å². The Hall–Kier alpha value is -3.18. The smallest absolute Gasteiger partial charge is 0.328 e. The van der Waals surface area contributed by atoms with E-state index in [0.29, 0.717) is 24.4 Å². The van der Waals surface area contributed by atoms with E-state index in [4.69, 9.17) is 14.9 Å². The molecule has 1 aromatic carbocycles. The highest BCUT2D eigenvalue weighted by atomic mass is 32.2. The molecule has 3 rings (SSSR count). The lowest BCUT2D eigenvalue weighted by Crippen LogP contribution is -2.15. The number of ether oxygens (including phenoxy) is 1. The molecule has 2 heterocycles. The van der Waals surface area contributed by atoms with Crippen molar-refractivity contribution in [3.63, 3.8) is 0 Å². The molecule has 0 aliphatic carbocycles. The number of aliphatic carboxylic acids is 2. The summed E-state index contributed by atoms with van der Waals surface area (Å²) < 4.78 is 31.8. The number of H-pyrrole nitrogens is 1. The number of carboxylic acid groups (broad SMARTS) is 2. The summed E-state index contributed by atoms with van der Waals surface area (Å²) in [5, 5.41) is 15.6. The SMILES string of the molecule is CCS(=O)(=O)Nc1cccc2c1COC2c1c[nH]cn1.O=C(O)C=CC(=O)O. The molecule has 0 amide bonds. The number of nitrogens with zero attached hydrogens (tertiary/aromatic N) is 1. The van der Waals surface area contributed by atoms with E-state index in [0.717, 1.165) is 16.8 Å². The summed E-state index contributed by atoms with van der Waals surface area (Å²) in [5.74, 6) is -2.47. The van der Waals surface area contributed by atoms with Crippen molar-refractivity contribution in [3.05, 3.63) is 59.7 Å². The van der Waals surface area contributed by atoms with Crippen LogP contribution < -0.4 is 4.72 Å². The maximum Gasteiger partial charge on any atom is 0.328 e. The minimum atomic E-state index is -3.29. The number of imidazole rings is 1. The molecule has 0 radical (unpaired) electrons. The summed E-state index contributed by atoms with van der Waals surface area (Å²) in [4.78, 5) is 26.2. The first-order valence-corrected chi connectivity index (χ1v) is 9.75. The average Bonchev–Trinajstić information content (AvgIpc) is 3.30. The van der Waals surface area contributed by atoms with E-state index >= 15 is 0 Å². The van der Waals surface area contributed by atoms with Crippen molar-refractivity contribution < 1.29 is 33.0 Å². The van der Waals surface area contributed by atoms with Crippen molar-refractivity contribution in [2.75, 3.05) is 10.5 Å². The van der Waals surface area contributed by atoms with Crippen LogP contribution in [-0.2, 0) is 31.0 Å². The van der Waals surface area contributed by atoms with Gasteiger partial charge in [-0.3, -0.25) is 4.72 Å². The fraction of sp³-hybridized carbons (Fsp3) is 0.235. The number of nitrogens with one attached hydrogen (secondary N) is 2. The lowest BCUT2D eigenvalue weighted by Gasteiger charge is -2.11. The molecule has 150 valence electrons. The van der Waals surface area contributed by atoms with Gasteiger partial charge in [0.15, 0.2) is 0 Å². The first-order chi connectivity index (χ1) is 13.2. The van der Waals surface area contributed by atoms with Gasteiger partial charge in [-0.2, -0.15) is 0 Å². The Kier molecular flexibility index (Phi) is 6.90. The van der Waals surface area contributed by atoms with Gasteiger partial charge in [0.25, 0.3) is 0 Å². The average molecular weight is 409 g/mol. The Balaban J connectivity index is 0.000000300. The van der Waals surface area contributed by atoms with Crippen LogP contribution in [0.15, 0.2) is 42.9 Å². The predicted octanol–water partition coefficient (Wildman–Crippen LogP) is 1.50. The Morgan fingerprint density at radius 2 is 2.00 bits per heavy atom. The van der Waals surface area contributed by atoms with E-state index in [9.17, 15) is 18.0 Å². The van der Waals surface area contributed by atoms with Gasteiger partial charge in [-0.05, 0) is 18.6 Å². The molecule has 1 atom stereocenters. The second-order valence-corrected chi connectivity index (χ2v) is 7.58. The molecule has 1 aliphatic heterocycles. The number of carboxylic acids is 2. The van der Waals surface area contributed by atoms with Crippen LogP contribution in [0.3, 0.4) is 0 Å². The number of carbonyl (C=O) groups is 2. The maximum absolute atomic E-state index is 11.7. The number of fused-ring (bicyclic) bond motifs is 1. The highest BCUT2D eigenvalue weighted by Crippen LogP contribution is 2.38. The molecule has 0 fully saturated rings. The Bertz CT molecular complexity index is 953. The topological polar surface area (TPSA) is 159 Å². The highest BCUT2D eigenvalue weighted by molar-refractivity contribution is 7.92. The van der Waals surface area contributed by atoms with Crippen molar-refractivity contribution in [1.29, 1.82) is 0 Å². The van der Waals surface area contributed by atoms with Crippen LogP contribution in [0.2, 0.25) is 0 Å². The van der Waals surface area contributed by atoms with Gasteiger partial charge >= 0.3 is 11.9 Å². The lowest BCUT2D eigenvalue weighted by atomic mass is 10.0. The number of rotatable bonds is 6. The molecule has 1 aromatic heterocycles. The van der Waals surface area contributed by atoms with Crippen LogP contribution in [0.25, 0.3) is 0 Å². The zero-order valence-electron chi connectivity index (χ0n) is 14.8. The molecule has 0 bridgehead atoms.